The van der Waals surface area contributed by atoms with Gasteiger partial charge in [-0.2, -0.15) is 0 Å². The molecule has 0 saturated carbocycles. The van der Waals surface area contributed by atoms with Crippen LogP contribution in [0.5, 0.6) is 5.75 Å². The van der Waals surface area contributed by atoms with Crippen LogP contribution in [0.4, 0.5) is 0 Å². The Balaban J connectivity index is 1.75. The van der Waals surface area contributed by atoms with Gasteiger partial charge in [0.05, 0.1) is 12.1 Å². The van der Waals surface area contributed by atoms with Gasteiger partial charge in [-0.05, 0) is 25.5 Å². The Morgan fingerprint density at radius 2 is 2.00 bits per heavy atom. The lowest BCUT2D eigenvalue weighted by Gasteiger charge is -2.42. The van der Waals surface area contributed by atoms with Crippen LogP contribution in [0.1, 0.15) is 23.7 Å². The second-order valence-corrected chi connectivity index (χ2v) is 5.91. The standard InChI is InChI=1S/C17H19N3O3/c1-17(22)7-8-20(16(21)13-9-18-12-19-10-13)11-15(17)23-14-5-3-2-4-6-14/h2-6,9-10,12,15,22H,7-8,11H2,1H3/t15-,17-/m1/s1. The molecule has 0 bridgehead atoms. The number of aliphatic hydroxyl groups is 1. The smallest absolute Gasteiger partial charge is 0.257 e. The molecule has 1 aliphatic heterocycles. The number of carbonyl (C=O) groups excluding carboxylic acids is 1. The molecule has 120 valence electrons. The fourth-order valence-corrected chi connectivity index (χ4v) is 2.61. The monoisotopic (exact) mass is 313 g/mol. The number of rotatable bonds is 3. The summed E-state index contributed by atoms with van der Waals surface area (Å²) in [7, 11) is 0. The molecule has 1 aliphatic rings. The van der Waals surface area contributed by atoms with Gasteiger partial charge in [0.25, 0.3) is 5.91 Å². The number of benzene rings is 1. The summed E-state index contributed by atoms with van der Waals surface area (Å²) >= 11 is 0. The minimum absolute atomic E-state index is 0.150. The second-order valence-electron chi connectivity index (χ2n) is 5.91. The van der Waals surface area contributed by atoms with Gasteiger partial charge in [-0.25, -0.2) is 9.97 Å². The lowest BCUT2D eigenvalue weighted by atomic mass is 9.90. The summed E-state index contributed by atoms with van der Waals surface area (Å²) in [6.07, 6.45) is 4.33. The summed E-state index contributed by atoms with van der Waals surface area (Å²) in [4.78, 5) is 21.9. The van der Waals surface area contributed by atoms with Crippen LogP contribution in [0.2, 0.25) is 0 Å². The predicted molar refractivity (Wildman–Crippen MR) is 84.0 cm³/mol. The van der Waals surface area contributed by atoms with Crippen LogP contribution in [0.15, 0.2) is 49.1 Å². The fraction of sp³-hybridized carbons (Fsp3) is 0.353. The van der Waals surface area contributed by atoms with E-state index in [1.165, 1.54) is 18.7 Å². The summed E-state index contributed by atoms with van der Waals surface area (Å²) in [6.45, 7) is 2.53. The molecular weight excluding hydrogens is 294 g/mol. The number of amides is 1. The van der Waals surface area contributed by atoms with E-state index in [2.05, 4.69) is 9.97 Å². The Morgan fingerprint density at radius 3 is 2.70 bits per heavy atom. The van der Waals surface area contributed by atoms with Crippen molar-refractivity contribution >= 4 is 5.91 Å². The van der Waals surface area contributed by atoms with Crippen LogP contribution in [0.3, 0.4) is 0 Å². The van der Waals surface area contributed by atoms with Crippen LogP contribution in [-0.2, 0) is 0 Å². The molecule has 2 aromatic rings. The Hall–Kier alpha value is -2.47. The van der Waals surface area contributed by atoms with E-state index in [1.807, 2.05) is 30.3 Å². The highest BCUT2D eigenvalue weighted by Crippen LogP contribution is 2.27. The molecule has 1 N–H and O–H groups in total. The molecule has 3 rings (SSSR count). The first-order chi connectivity index (χ1) is 11.1. The van der Waals surface area contributed by atoms with Gasteiger partial charge in [-0.1, -0.05) is 18.2 Å². The van der Waals surface area contributed by atoms with E-state index in [0.717, 1.165) is 0 Å². The quantitative estimate of drug-likeness (QED) is 0.930. The molecule has 1 amide bonds. The van der Waals surface area contributed by atoms with Gasteiger partial charge >= 0.3 is 0 Å². The number of hydrogen-bond acceptors (Lipinski definition) is 5. The van der Waals surface area contributed by atoms with Crippen LogP contribution in [0.25, 0.3) is 0 Å². The van der Waals surface area contributed by atoms with E-state index < -0.39 is 11.7 Å². The SMILES string of the molecule is C[C@@]1(O)CCN(C(=O)c2cncnc2)C[C@H]1Oc1ccccc1. The number of piperidine rings is 1. The zero-order valence-electron chi connectivity index (χ0n) is 12.9. The van der Waals surface area contributed by atoms with Crippen molar-refractivity contribution in [1.82, 2.24) is 14.9 Å². The number of aromatic nitrogens is 2. The summed E-state index contributed by atoms with van der Waals surface area (Å²) < 4.78 is 5.91. The molecule has 2 atom stereocenters. The Kier molecular flexibility index (Phi) is 4.25. The molecule has 6 nitrogen and oxygen atoms in total. The molecule has 1 aromatic carbocycles. The molecule has 1 fully saturated rings. The van der Waals surface area contributed by atoms with Gasteiger partial charge in [0, 0.05) is 18.9 Å². The topological polar surface area (TPSA) is 75.5 Å². The van der Waals surface area contributed by atoms with E-state index in [0.29, 0.717) is 30.8 Å². The number of carbonyl (C=O) groups is 1. The highest BCUT2D eigenvalue weighted by atomic mass is 16.5. The lowest BCUT2D eigenvalue weighted by molar-refractivity contribution is -0.0881. The molecule has 2 heterocycles. The molecule has 0 aliphatic carbocycles. The third-order valence-electron chi connectivity index (χ3n) is 4.08. The Labute approximate surface area is 134 Å². The van der Waals surface area contributed by atoms with Crippen LogP contribution in [0, 0.1) is 0 Å². The maximum atomic E-state index is 12.5. The summed E-state index contributed by atoms with van der Waals surface area (Å²) in [5, 5.41) is 10.6. The Bertz CT molecular complexity index is 661. The van der Waals surface area contributed by atoms with E-state index >= 15 is 0 Å². The van der Waals surface area contributed by atoms with Gasteiger partial charge < -0.3 is 14.7 Å². The zero-order valence-corrected chi connectivity index (χ0v) is 12.9. The first-order valence-corrected chi connectivity index (χ1v) is 7.54. The largest absolute Gasteiger partial charge is 0.486 e. The highest BCUT2D eigenvalue weighted by Gasteiger charge is 2.41. The van der Waals surface area contributed by atoms with E-state index in [4.69, 9.17) is 4.74 Å². The van der Waals surface area contributed by atoms with Crippen molar-refractivity contribution in [3.05, 3.63) is 54.6 Å². The molecule has 0 radical (unpaired) electrons. The second kappa shape index (κ2) is 6.34. The molecular formula is C17H19N3O3. The molecule has 0 spiro atoms. The first-order valence-electron chi connectivity index (χ1n) is 7.54. The molecule has 6 heteroatoms. The summed E-state index contributed by atoms with van der Waals surface area (Å²) in [6, 6.07) is 9.31. The third kappa shape index (κ3) is 3.48. The average molecular weight is 313 g/mol. The molecule has 1 aromatic heterocycles. The number of ether oxygens (including phenoxy) is 1. The minimum atomic E-state index is -0.986. The average Bonchev–Trinajstić information content (AvgIpc) is 2.58. The van der Waals surface area contributed by atoms with Gasteiger partial charge in [0.1, 0.15) is 23.8 Å². The molecule has 0 unspecified atom stereocenters. The number of likely N-dealkylation sites (tertiary alicyclic amines) is 1. The van der Waals surface area contributed by atoms with Gasteiger partial charge in [0.2, 0.25) is 0 Å². The van der Waals surface area contributed by atoms with E-state index in [1.54, 1.807) is 11.8 Å². The number of nitrogens with zero attached hydrogens (tertiary/aromatic N) is 3. The van der Waals surface area contributed by atoms with Crippen molar-refractivity contribution in [2.75, 3.05) is 13.1 Å². The molecule has 23 heavy (non-hydrogen) atoms. The maximum Gasteiger partial charge on any atom is 0.257 e. The highest BCUT2D eigenvalue weighted by molar-refractivity contribution is 5.93. The summed E-state index contributed by atoms with van der Waals surface area (Å²) in [5.41, 5.74) is -0.549. The van der Waals surface area contributed by atoms with Crippen molar-refractivity contribution in [2.24, 2.45) is 0 Å². The first kappa shape index (κ1) is 15.4. The van der Waals surface area contributed by atoms with Crippen molar-refractivity contribution in [3.8, 4) is 5.75 Å². The number of hydrogen-bond donors (Lipinski definition) is 1. The normalized spacial score (nSPS) is 24.3. The fourth-order valence-electron chi connectivity index (χ4n) is 2.61. The van der Waals surface area contributed by atoms with E-state index in [9.17, 15) is 9.90 Å². The molecule has 1 saturated heterocycles. The van der Waals surface area contributed by atoms with Gasteiger partial charge in [0.15, 0.2) is 0 Å². The third-order valence-corrected chi connectivity index (χ3v) is 4.08. The number of para-hydroxylation sites is 1. The maximum absolute atomic E-state index is 12.5. The van der Waals surface area contributed by atoms with Gasteiger partial charge in [-0.15, -0.1) is 0 Å². The van der Waals surface area contributed by atoms with Crippen LogP contribution in [-0.4, -0.2) is 50.7 Å². The van der Waals surface area contributed by atoms with Crippen molar-refractivity contribution in [2.45, 2.75) is 25.0 Å². The Morgan fingerprint density at radius 1 is 1.30 bits per heavy atom. The van der Waals surface area contributed by atoms with Crippen LogP contribution < -0.4 is 4.74 Å². The van der Waals surface area contributed by atoms with Gasteiger partial charge in [-0.3, -0.25) is 4.79 Å². The lowest BCUT2D eigenvalue weighted by Crippen LogP contribution is -2.57. The van der Waals surface area contributed by atoms with Crippen molar-refractivity contribution in [3.63, 3.8) is 0 Å². The van der Waals surface area contributed by atoms with Crippen LogP contribution >= 0.6 is 0 Å². The minimum Gasteiger partial charge on any atom is -0.486 e. The van der Waals surface area contributed by atoms with Crippen molar-refractivity contribution < 1.29 is 14.6 Å². The zero-order chi connectivity index (χ0) is 16.3. The predicted octanol–water partition coefficient (Wildman–Crippen LogP) is 1.52. The van der Waals surface area contributed by atoms with Crippen molar-refractivity contribution in [1.29, 1.82) is 0 Å². The van der Waals surface area contributed by atoms with E-state index in [-0.39, 0.29) is 5.91 Å². The summed E-state index contributed by atoms with van der Waals surface area (Å²) in [5.74, 6) is 0.526.